The van der Waals surface area contributed by atoms with Gasteiger partial charge in [0.1, 0.15) is 0 Å². The van der Waals surface area contributed by atoms with Crippen LogP contribution in [0.2, 0.25) is 0 Å². The molecule has 16 heavy (non-hydrogen) atoms. The minimum Gasteiger partial charge on any atom is -0.354 e. The Hall–Kier alpha value is -1.15. The van der Waals surface area contributed by atoms with Crippen LogP contribution >= 0.6 is 11.8 Å². The number of anilines is 1. The number of hydrogen-bond donors (Lipinski definition) is 1. The molecular formula is C14H19NS. The Bertz CT molecular complexity index is 366. The highest BCUT2D eigenvalue weighted by Crippen LogP contribution is 2.41. The summed E-state index contributed by atoms with van der Waals surface area (Å²) in [5.74, 6) is 0. The van der Waals surface area contributed by atoms with E-state index in [2.05, 4.69) is 55.6 Å². The predicted molar refractivity (Wildman–Crippen MR) is 74.8 cm³/mol. The summed E-state index contributed by atoms with van der Waals surface area (Å²) in [7, 11) is 0. The summed E-state index contributed by atoms with van der Waals surface area (Å²) >= 11 is 1.82. The topological polar surface area (TPSA) is 12.0 Å². The smallest absolute Gasteiger partial charge is 0.0526 e. The van der Waals surface area contributed by atoms with E-state index in [9.17, 15) is 0 Å². The molecule has 0 atom stereocenters. The second-order valence-electron chi connectivity index (χ2n) is 3.08. The first-order valence-electron chi connectivity index (χ1n) is 5.72. The fourth-order valence-electron chi connectivity index (χ4n) is 1.47. The number of para-hydroxylation sites is 1. The van der Waals surface area contributed by atoms with E-state index in [1.54, 1.807) is 0 Å². The summed E-state index contributed by atoms with van der Waals surface area (Å²) < 4.78 is 0. The van der Waals surface area contributed by atoms with Crippen LogP contribution in [0, 0.1) is 0 Å². The van der Waals surface area contributed by atoms with Crippen molar-refractivity contribution in [3.8, 4) is 0 Å². The van der Waals surface area contributed by atoms with Gasteiger partial charge in [0.25, 0.3) is 0 Å². The average Bonchev–Trinajstić information content (AvgIpc) is 2.39. The van der Waals surface area contributed by atoms with E-state index in [0.717, 1.165) is 0 Å². The summed E-state index contributed by atoms with van der Waals surface area (Å²) in [6.07, 6.45) is 4.25. The van der Waals surface area contributed by atoms with E-state index < -0.39 is 0 Å². The third-order valence-electron chi connectivity index (χ3n) is 2.19. The Morgan fingerprint density at radius 2 is 1.75 bits per heavy atom. The van der Waals surface area contributed by atoms with Crippen LogP contribution in [0.1, 0.15) is 27.7 Å². The van der Waals surface area contributed by atoms with Gasteiger partial charge in [-0.05, 0) is 26.0 Å². The molecular weight excluding hydrogens is 214 g/mol. The Morgan fingerprint density at radius 1 is 1.06 bits per heavy atom. The van der Waals surface area contributed by atoms with Crippen molar-refractivity contribution in [2.75, 3.05) is 5.32 Å². The predicted octanol–water partition coefficient (Wildman–Crippen LogP) is 5.04. The zero-order valence-electron chi connectivity index (χ0n) is 10.4. The molecule has 0 aromatic heterocycles. The third kappa shape index (κ3) is 2.70. The van der Waals surface area contributed by atoms with Crippen LogP contribution in [0.15, 0.2) is 51.9 Å². The van der Waals surface area contributed by atoms with Crippen LogP contribution in [-0.2, 0) is 0 Å². The highest BCUT2D eigenvalue weighted by molar-refractivity contribution is 8.03. The largest absolute Gasteiger partial charge is 0.354 e. The molecule has 1 heterocycles. The molecule has 0 fully saturated rings. The van der Waals surface area contributed by atoms with Crippen molar-refractivity contribution in [2.24, 2.45) is 0 Å². The standard InChI is InChI=1S/C12H13NS.C2H6/c1-3-9-11(4-2)14-12-8-6-5-7-10(12)13-9;1-2/h3-8,13H,1-2H3;1-2H3/b9-3+,11-4+;. The van der Waals surface area contributed by atoms with Gasteiger partial charge in [-0.25, -0.2) is 0 Å². The van der Waals surface area contributed by atoms with Crippen molar-refractivity contribution in [3.63, 3.8) is 0 Å². The molecule has 1 N–H and O–H groups in total. The van der Waals surface area contributed by atoms with Gasteiger partial charge in [-0.1, -0.05) is 49.9 Å². The maximum Gasteiger partial charge on any atom is 0.0526 e. The normalized spacial score (nSPS) is 18.5. The number of hydrogen-bond acceptors (Lipinski definition) is 2. The quantitative estimate of drug-likeness (QED) is 0.674. The molecule has 0 radical (unpaired) electrons. The molecule has 1 aliphatic rings. The van der Waals surface area contributed by atoms with E-state index in [1.807, 2.05) is 25.6 Å². The van der Waals surface area contributed by atoms with E-state index in [4.69, 9.17) is 0 Å². The van der Waals surface area contributed by atoms with E-state index in [0.29, 0.717) is 0 Å². The molecule has 0 saturated heterocycles. The third-order valence-corrected chi connectivity index (χ3v) is 3.44. The van der Waals surface area contributed by atoms with E-state index in [1.165, 1.54) is 21.2 Å². The molecule has 2 heteroatoms. The Balaban J connectivity index is 0.000000606. The van der Waals surface area contributed by atoms with Crippen molar-refractivity contribution < 1.29 is 0 Å². The number of allylic oxidation sites excluding steroid dienone is 2. The first kappa shape index (κ1) is 12.9. The molecule has 2 rings (SSSR count). The van der Waals surface area contributed by atoms with Gasteiger partial charge in [0.05, 0.1) is 5.69 Å². The molecule has 1 nitrogen and oxygen atoms in total. The Labute approximate surface area is 103 Å². The number of nitrogens with one attached hydrogen (secondary N) is 1. The lowest BCUT2D eigenvalue weighted by molar-refractivity contribution is 1.32. The van der Waals surface area contributed by atoms with Crippen LogP contribution in [-0.4, -0.2) is 0 Å². The molecule has 86 valence electrons. The van der Waals surface area contributed by atoms with Gasteiger partial charge >= 0.3 is 0 Å². The highest BCUT2D eigenvalue weighted by Gasteiger charge is 2.15. The van der Waals surface area contributed by atoms with Gasteiger partial charge in [0.2, 0.25) is 0 Å². The highest BCUT2D eigenvalue weighted by atomic mass is 32.2. The average molecular weight is 233 g/mol. The van der Waals surface area contributed by atoms with E-state index in [-0.39, 0.29) is 0 Å². The van der Waals surface area contributed by atoms with Crippen molar-refractivity contribution in [1.82, 2.24) is 0 Å². The second kappa shape index (κ2) is 6.44. The van der Waals surface area contributed by atoms with Gasteiger partial charge in [-0.2, -0.15) is 0 Å². The zero-order valence-corrected chi connectivity index (χ0v) is 11.2. The monoisotopic (exact) mass is 233 g/mol. The van der Waals surface area contributed by atoms with E-state index >= 15 is 0 Å². The van der Waals surface area contributed by atoms with Gasteiger partial charge in [0, 0.05) is 15.5 Å². The lowest BCUT2D eigenvalue weighted by Crippen LogP contribution is -2.06. The van der Waals surface area contributed by atoms with Crippen LogP contribution < -0.4 is 5.32 Å². The molecule has 1 aromatic rings. The zero-order chi connectivity index (χ0) is 12.0. The summed E-state index contributed by atoms with van der Waals surface area (Å²) in [6, 6.07) is 8.38. The van der Waals surface area contributed by atoms with Crippen LogP contribution in [0.4, 0.5) is 5.69 Å². The SMILES string of the molecule is C/C=C1/Nc2ccccc2S/C1=C/C.CC. The second-order valence-corrected chi connectivity index (χ2v) is 4.16. The number of benzene rings is 1. The maximum absolute atomic E-state index is 3.42. The molecule has 0 aliphatic carbocycles. The molecule has 0 spiro atoms. The minimum atomic E-state index is 1.20. The van der Waals surface area contributed by atoms with Crippen molar-refractivity contribution in [2.45, 2.75) is 32.6 Å². The molecule has 0 unspecified atom stereocenters. The summed E-state index contributed by atoms with van der Waals surface area (Å²) in [4.78, 5) is 2.59. The molecule has 0 bridgehead atoms. The summed E-state index contributed by atoms with van der Waals surface area (Å²) in [6.45, 7) is 8.13. The van der Waals surface area contributed by atoms with Crippen LogP contribution in [0.5, 0.6) is 0 Å². The van der Waals surface area contributed by atoms with Gasteiger partial charge in [0.15, 0.2) is 0 Å². The van der Waals surface area contributed by atoms with Crippen LogP contribution in [0.25, 0.3) is 0 Å². The maximum atomic E-state index is 3.42. The molecule has 1 aromatic carbocycles. The van der Waals surface area contributed by atoms with Crippen molar-refractivity contribution in [3.05, 3.63) is 47.0 Å². The number of fused-ring (bicyclic) bond motifs is 1. The van der Waals surface area contributed by atoms with Crippen molar-refractivity contribution >= 4 is 17.4 Å². The van der Waals surface area contributed by atoms with Crippen LogP contribution in [0.3, 0.4) is 0 Å². The lowest BCUT2D eigenvalue weighted by Gasteiger charge is -2.22. The summed E-state index contributed by atoms with van der Waals surface area (Å²) in [5, 5.41) is 3.42. The number of rotatable bonds is 0. The van der Waals surface area contributed by atoms with Gasteiger partial charge in [-0.15, -0.1) is 0 Å². The molecule has 0 amide bonds. The Morgan fingerprint density at radius 3 is 2.38 bits per heavy atom. The fourth-order valence-corrected chi connectivity index (χ4v) is 2.48. The fraction of sp³-hybridized carbons (Fsp3) is 0.286. The first-order valence-corrected chi connectivity index (χ1v) is 6.53. The minimum absolute atomic E-state index is 1.20. The summed E-state index contributed by atoms with van der Waals surface area (Å²) in [5.41, 5.74) is 2.41. The van der Waals surface area contributed by atoms with Crippen molar-refractivity contribution in [1.29, 1.82) is 0 Å². The number of thioether (sulfide) groups is 1. The Kier molecular flexibility index (Phi) is 5.20. The first-order chi connectivity index (χ1) is 7.85. The molecule has 1 aliphatic heterocycles. The molecule has 0 saturated carbocycles. The van der Waals surface area contributed by atoms with Gasteiger partial charge < -0.3 is 5.32 Å². The van der Waals surface area contributed by atoms with Gasteiger partial charge in [-0.3, -0.25) is 0 Å². The lowest BCUT2D eigenvalue weighted by atomic mass is 10.2.